The van der Waals surface area contributed by atoms with Crippen LogP contribution in [0.2, 0.25) is 0 Å². The van der Waals surface area contributed by atoms with E-state index in [-0.39, 0.29) is 24.4 Å². The first-order valence-electron chi connectivity index (χ1n) is 11.3. The number of likely N-dealkylation sites (tertiary alicyclic amines) is 1. The van der Waals surface area contributed by atoms with E-state index in [0.29, 0.717) is 19.4 Å². The van der Waals surface area contributed by atoms with Crippen molar-refractivity contribution in [1.29, 1.82) is 0 Å². The predicted molar refractivity (Wildman–Crippen MR) is 127 cm³/mol. The van der Waals surface area contributed by atoms with E-state index in [9.17, 15) is 14.4 Å². The molecule has 8 heteroatoms. The van der Waals surface area contributed by atoms with Crippen LogP contribution >= 0.6 is 11.3 Å². The van der Waals surface area contributed by atoms with Crippen LogP contribution in [-0.4, -0.2) is 51.3 Å². The molecule has 2 aliphatic heterocycles. The highest BCUT2D eigenvalue weighted by Crippen LogP contribution is 2.36. The van der Waals surface area contributed by atoms with Crippen molar-refractivity contribution < 1.29 is 14.4 Å². The summed E-state index contributed by atoms with van der Waals surface area (Å²) in [5, 5.41) is 3.72. The van der Waals surface area contributed by atoms with Gasteiger partial charge in [0.2, 0.25) is 5.91 Å². The molecule has 4 amide bonds. The monoisotopic (exact) mass is 462 g/mol. The molecule has 2 aromatic carbocycles. The minimum atomic E-state index is -1.01. The van der Waals surface area contributed by atoms with E-state index in [2.05, 4.69) is 5.32 Å². The molecule has 2 unspecified atom stereocenters. The van der Waals surface area contributed by atoms with Crippen molar-refractivity contribution in [1.82, 2.24) is 20.1 Å². The molecule has 2 saturated heterocycles. The quantitative estimate of drug-likeness (QED) is 0.563. The van der Waals surface area contributed by atoms with E-state index >= 15 is 0 Å². The molecule has 0 saturated carbocycles. The number of hydrogen-bond donors (Lipinski definition) is 1. The molecule has 1 aromatic heterocycles. The first-order valence-corrected chi connectivity index (χ1v) is 12.1. The SMILES string of the molecule is CC1(CCc2ccccc2)NC(=O)N(CC(=O)N2CCCC2c2nc3ccccc3s2)C1=O. The number of carbonyl (C=O) groups excluding carboxylic acids is 3. The zero-order chi connectivity index (χ0) is 23.0. The minimum absolute atomic E-state index is 0.111. The smallest absolute Gasteiger partial charge is 0.325 e. The van der Waals surface area contributed by atoms with Crippen LogP contribution < -0.4 is 5.32 Å². The normalized spacial score (nSPS) is 22.9. The molecule has 0 radical (unpaired) electrons. The molecule has 2 fully saturated rings. The van der Waals surface area contributed by atoms with Crippen LogP contribution in [0.3, 0.4) is 0 Å². The average molecular weight is 463 g/mol. The Kier molecular flexibility index (Phi) is 5.62. The summed E-state index contributed by atoms with van der Waals surface area (Å²) in [6.07, 6.45) is 2.85. The van der Waals surface area contributed by atoms with Gasteiger partial charge in [-0.05, 0) is 50.3 Å². The number of aryl methyl sites for hydroxylation is 1. The number of thiazole rings is 1. The summed E-state index contributed by atoms with van der Waals surface area (Å²) in [6, 6.07) is 17.2. The van der Waals surface area contributed by atoms with Gasteiger partial charge in [0.25, 0.3) is 5.91 Å². The van der Waals surface area contributed by atoms with E-state index in [1.54, 1.807) is 23.2 Å². The van der Waals surface area contributed by atoms with Gasteiger partial charge in [0.15, 0.2) is 0 Å². The summed E-state index contributed by atoms with van der Waals surface area (Å²) in [7, 11) is 0. The highest BCUT2D eigenvalue weighted by atomic mass is 32.1. The standard InChI is InChI=1S/C25H26N4O3S/c1-25(14-13-17-8-3-2-4-9-17)23(31)29(24(32)27-25)16-21(30)28-15-7-11-19(28)22-26-18-10-5-6-12-20(18)33-22/h2-6,8-10,12,19H,7,11,13-16H2,1H3,(H,27,32). The van der Waals surface area contributed by atoms with Gasteiger partial charge in [0.05, 0.1) is 16.3 Å². The highest BCUT2D eigenvalue weighted by Gasteiger charge is 2.48. The Balaban J connectivity index is 1.27. The van der Waals surface area contributed by atoms with Crippen LogP contribution in [0.1, 0.15) is 42.8 Å². The van der Waals surface area contributed by atoms with Gasteiger partial charge in [-0.25, -0.2) is 9.78 Å². The third-order valence-corrected chi connectivity index (χ3v) is 7.70. The fourth-order valence-corrected chi connectivity index (χ4v) is 5.80. The predicted octanol–water partition coefficient (Wildman–Crippen LogP) is 3.90. The number of rotatable bonds is 6. The zero-order valence-electron chi connectivity index (χ0n) is 18.5. The Hall–Kier alpha value is -3.26. The molecule has 170 valence electrons. The lowest BCUT2D eigenvalue weighted by atomic mass is 9.93. The summed E-state index contributed by atoms with van der Waals surface area (Å²) in [6.45, 7) is 2.10. The van der Waals surface area contributed by atoms with Gasteiger partial charge in [-0.15, -0.1) is 11.3 Å². The second-order valence-corrected chi connectivity index (χ2v) is 9.97. The molecule has 1 N–H and O–H groups in total. The third kappa shape index (κ3) is 4.11. The zero-order valence-corrected chi connectivity index (χ0v) is 19.3. The van der Waals surface area contributed by atoms with Gasteiger partial charge in [-0.3, -0.25) is 14.5 Å². The van der Waals surface area contributed by atoms with Crippen LogP contribution in [-0.2, 0) is 16.0 Å². The number of imide groups is 1. The lowest BCUT2D eigenvalue weighted by Gasteiger charge is -2.25. The average Bonchev–Trinajstić information content (AvgIpc) is 3.52. The van der Waals surface area contributed by atoms with Crippen molar-refractivity contribution in [2.75, 3.05) is 13.1 Å². The number of nitrogens with one attached hydrogen (secondary N) is 1. The summed E-state index contributed by atoms with van der Waals surface area (Å²) in [5.41, 5.74) is 1.02. The summed E-state index contributed by atoms with van der Waals surface area (Å²) in [5.74, 6) is -0.555. The number of amides is 4. The topological polar surface area (TPSA) is 82.6 Å². The number of nitrogens with zero attached hydrogens (tertiary/aromatic N) is 3. The number of urea groups is 1. The van der Waals surface area contributed by atoms with E-state index < -0.39 is 11.6 Å². The second kappa shape index (κ2) is 8.59. The maximum Gasteiger partial charge on any atom is 0.325 e. The third-order valence-electron chi connectivity index (χ3n) is 6.56. The van der Waals surface area contributed by atoms with Crippen molar-refractivity contribution in [3.8, 4) is 0 Å². The molecule has 2 atom stereocenters. The number of hydrogen-bond acceptors (Lipinski definition) is 5. The largest absolute Gasteiger partial charge is 0.332 e. The van der Waals surface area contributed by atoms with Gasteiger partial charge < -0.3 is 10.2 Å². The molecule has 0 bridgehead atoms. The Morgan fingerprint density at radius 2 is 1.91 bits per heavy atom. The Morgan fingerprint density at radius 1 is 1.15 bits per heavy atom. The second-order valence-electron chi connectivity index (χ2n) is 8.90. The summed E-state index contributed by atoms with van der Waals surface area (Å²) in [4.78, 5) is 46.6. The Labute approximate surface area is 196 Å². The number of fused-ring (bicyclic) bond motifs is 1. The highest BCUT2D eigenvalue weighted by molar-refractivity contribution is 7.18. The van der Waals surface area contributed by atoms with Gasteiger partial charge >= 0.3 is 6.03 Å². The number of carbonyl (C=O) groups is 3. The van der Waals surface area contributed by atoms with Crippen LogP contribution in [0.25, 0.3) is 10.2 Å². The molecular weight excluding hydrogens is 436 g/mol. The van der Waals surface area contributed by atoms with Gasteiger partial charge in [-0.1, -0.05) is 42.5 Å². The first kappa shape index (κ1) is 21.6. The van der Waals surface area contributed by atoms with Crippen LogP contribution in [0.5, 0.6) is 0 Å². The first-order chi connectivity index (χ1) is 15.9. The maximum absolute atomic E-state index is 13.2. The Bertz CT molecular complexity index is 1180. The van der Waals surface area contributed by atoms with Crippen LogP contribution in [0, 0.1) is 0 Å². The number of benzene rings is 2. The van der Waals surface area contributed by atoms with Crippen molar-refractivity contribution in [3.63, 3.8) is 0 Å². The molecule has 0 aliphatic carbocycles. The van der Waals surface area contributed by atoms with Gasteiger partial charge in [0.1, 0.15) is 17.1 Å². The lowest BCUT2D eigenvalue weighted by Crippen LogP contribution is -2.46. The van der Waals surface area contributed by atoms with Gasteiger partial charge in [-0.2, -0.15) is 0 Å². The van der Waals surface area contributed by atoms with Crippen molar-refractivity contribution in [2.45, 2.75) is 44.2 Å². The van der Waals surface area contributed by atoms with E-state index in [1.807, 2.05) is 54.6 Å². The molecule has 3 heterocycles. The molecule has 2 aliphatic rings. The van der Waals surface area contributed by atoms with Crippen LogP contribution in [0.15, 0.2) is 54.6 Å². The number of para-hydroxylation sites is 1. The molecule has 33 heavy (non-hydrogen) atoms. The van der Waals surface area contributed by atoms with Crippen LogP contribution in [0.4, 0.5) is 4.79 Å². The molecule has 3 aromatic rings. The summed E-state index contributed by atoms with van der Waals surface area (Å²) >= 11 is 1.60. The van der Waals surface area contributed by atoms with Crippen molar-refractivity contribution in [2.24, 2.45) is 0 Å². The van der Waals surface area contributed by atoms with E-state index in [1.165, 1.54) is 0 Å². The summed E-state index contributed by atoms with van der Waals surface area (Å²) < 4.78 is 1.09. The van der Waals surface area contributed by atoms with Gasteiger partial charge in [0, 0.05) is 6.54 Å². The fourth-order valence-electron chi connectivity index (χ4n) is 4.68. The van der Waals surface area contributed by atoms with E-state index in [0.717, 1.165) is 38.5 Å². The molecule has 5 rings (SSSR count). The lowest BCUT2D eigenvalue weighted by molar-refractivity contribution is -0.139. The van der Waals surface area contributed by atoms with E-state index in [4.69, 9.17) is 4.98 Å². The Morgan fingerprint density at radius 3 is 2.70 bits per heavy atom. The van der Waals surface area contributed by atoms with Crippen molar-refractivity contribution in [3.05, 3.63) is 65.2 Å². The molecular formula is C25H26N4O3S. The maximum atomic E-state index is 13.2. The minimum Gasteiger partial charge on any atom is -0.332 e. The fraction of sp³-hybridized carbons (Fsp3) is 0.360. The molecule has 0 spiro atoms. The van der Waals surface area contributed by atoms with Crippen molar-refractivity contribution >= 4 is 39.4 Å². The number of aromatic nitrogens is 1. The molecule has 7 nitrogen and oxygen atoms in total.